The Bertz CT molecular complexity index is 463. The maximum absolute atomic E-state index is 6.03. The van der Waals surface area contributed by atoms with E-state index in [-0.39, 0.29) is 12.0 Å². The fraction of sp³-hybridized carbons (Fsp3) is 0.200. The average molecular weight is 218 g/mol. The second kappa shape index (κ2) is 4.19. The molecule has 0 fully saturated rings. The summed E-state index contributed by atoms with van der Waals surface area (Å²) < 4.78 is 1.25. The minimum absolute atomic E-state index is 0.160. The van der Waals surface area contributed by atoms with Gasteiger partial charge in [-0.2, -0.15) is 0 Å². The molecule has 84 valence electrons. The maximum Gasteiger partial charge on any atom is 0.240 e. The van der Waals surface area contributed by atoms with Gasteiger partial charge in [-0.15, -0.1) is 10.2 Å². The first-order valence-electron chi connectivity index (χ1n) is 4.94. The molecule has 2 aromatic rings. The summed E-state index contributed by atoms with van der Waals surface area (Å²) in [5.74, 6) is 6.41. The van der Waals surface area contributed by atoms with Crippen LogP contribution in [-0.4, -0.2) is 14.9 Å². The normalized spacial score (nSPS) is 12.6. The molecule has 0 saturated carbocycles. The summed E-state index contributed by atoms with van der Waals surface area (Å²) in [5.41, 5.74) is 12.5. The predicted molar refractivity (Wildman–Crippen MR) is 61.7 cm³/mol. The van der Waals surface area contributed by atoms with Crippen molar-refractivity contribution in [2.75, 3.05) is 11.6 Å². The van der Waals surface area contributed by atoms with Crippen LogP contribution in [-0.2, 0) is 6.42 Å². The first-order chi connectivity index (χ1) is 7.68. The lowest BCUT2D eigenvalue weighted by Crippen LogP contribution is -2.20. The van der Waals surface area contributed by atoms with Crippen molar-refractivity contribution < 1.29 is 0 Å². The number of hydrogen-bond donors (Lipinski definition) is 3. The number of nitrogens with two attached hydrogens (primary N) is 3. The lowest BCUT2D eigenvalue weighted by Gasteiger charge is -2.10. The van der Waals surface area contributed by atoms with E-state index in [2.05, 4.69) is 10.2 Å². The van der Waals surface area contributed by atoms with E-state index in [1.807, 2.05) is 30.3 Å². The van der Waals surface area contributed by atoms with Crippen LogP contribution in [0.2, 0.25) is 0 Å². The molecule has 1 unspecified atom stereocenters. The van der Waals surface area contributed by atoms with Gasteiger partial charge >= 0.3 is 0 Å². The molecule has 0 saturated heterocycles. The molecule has 0 radical (unpaired) electrons. The van der Waals surface area contributed by atoms with Gasteiger partial charge < -0.3 is 17.3 Å². The highest BCUT2D eigenvalue weighted by atomic mass is 15.4. The summed E-state index contributed by atoms with van der Waals surface area (Å²) in [6.45, 7) is 0. The van der Waals surface area contributed by atoms with E-state index in [4.69, 9.17) is 17.3 Å². The van der Waals surface area contributed by atoms with E-state index < -0.39 is 0 Å². The van der Waals surface area contributed by atoms with Gasteiger partial charge in [-0.05, 0) is 5.56 Å². The number of hydrogen-bond acceptors (Lipinski definition) is 5. The summed E-state index contributed by atoms with van der Waals surface area (Å²) >= 11 is 0. The fourth-order valence-electron chi connectivity index (χ4n) is 1.49. The molecule has 0 spiro atoms. The first kappa shape index (κ1) is 10.4. The number of nitrogen functional groups attached to an aromatic ring is 2. The molecule has 1 aromatic heterocycles. The topological polar surface area (TPSA) is 109 Å². The summed E-state index contributed by atoms with van der Waals surface area (Å²) in [6.07, 6.45) is 0.505. The molecule has 0 bridgehead atoms. The molecule has 6 nitrogen and oxygen atoms in total. The number of nitrogens with zero attached hydrogens (tertiary/aromatic N) is 3. The van der Waals surface area contributed by atoms with Gasteiger partial charge in [0.2, 0.25) is 5.95 Å². The SMILES string of the molecule is Nc1nnc(CC(N)c2ccccc2)n1N. The fourth-order valence-corrected chi connectivity index (χ4v) is 1.49. The van der Waals surface area contributed by atoms with Crippen molar-refractivity contribution in [3.05, 3.63) is 41.7 Å². The third-order valence-corrected chi connectivity index (χ3v) is 2.42. The van der Waals surface area contributed by atoms with Gasteiger partial charge in [-0.25, -0.2) is 4.68 Å². The van der Waals surface area contributed by atoms with E-state index in [1.54, 1.807) is 0 Å². The number of aromatic nitrogens is 3. The van der Waals surface area contributed by atoms with Crippen LogP contribution in [0.25, 0.3) is 0 Å². The molecular weight excluding hydrogens is 204 g/mol. The van der Waals surface area contributed by atoms with Gasteiger partial charge in [0.05, 0.1) is 0 Å². The van der Waals surface area contributed by atoms with Gasteiger partial charge in [0.15, 0.2) is 5.82 Å². The molecule has 0 aliphatic rings. The number of benzene rings is 1. The van der Waals surface area contributed by atoms with Crippen LogP contribution in [0.15, 0.2) is 30.3 Å². The van der Waals surface area contributed by atoms with E-state index >= 15 is 0 Å². The van der Waals surface area contributed by atoms with E-state index in [1.165, 1.54) is 4.68 Å². The quantitative estimate of drug-likeness (QED) is 0.619. The highest BCUT2D eigenvalue weighted by molar-refractivity contribution is 5.22. The van der Waals surface area contributed by atoms with Gasteiger partial charge in [0.1, 0.15) is 0 Å². The summed E-state index contributed by atoms with van der Waals surface area (Å²) in [4.78, 5) is 0. The van der Waals surface area contributed by atoms with Crippen LogP contribution in [0.3, 0.4) is 0 Å². The Balaban J connectivity index is 2.14. The Kier molecular flexibility index (Phi) is 2.74. The van der Waals surface area contributed by atoms with Crippen LogP contribution in [0.4, 0.5) is 5.95 Å². The Morgan fingerprint density at radius 2 is 1.88 bits per heavy atom. The molecule has 2 rings (SSSR count). The van der Waals surface area contributed by atoms with Gasteiger partial charge in [-0.3, -0.25) is 0 Å². The molecular formula is C10H14N6. The van der Waals surface area contributed by atoms with Crippen molar-refractivity contribution >= 4 is 5.95 Å². The maximum atomic E-state index is 6.03. The van der Waals surface area contributed by atoms with Crippen molar-refractivity contribution in [2.45, 2.75) is 12.5 Å². The largest absolute Gasteiger partial charge is 0.366 e. The summed E-state index contributed by atoms with van der Waals surface area (Å²) in [5, 5.41) is 7.54. The molecule has 1 heterocycles. The van der Waals surface area contributed by atoms with Crippen molar-refractivity contribution in [3.63, 3.8) is 0 Å². The second-order valence-corrected chi connectivity index (χ2v) is 3.57. The van der Waals surface area contributed by atoms with Gasteiger partial charge in [-0.1, -0.05) is 30.3 Å². The molecule has 1 atom stereocenters. The van der Waals surface area contributed by atoms with Crippen LogP contribution < -0.4 is 17.3 Å². The smallest absolute Gasteiger partial charge is 0.240 e. The molecule has 0 aliphatic carbocycles. The zero-order chi connectivity index (χ0) is 11.5. The van der Waals surface area contributed by atoms with E-state index in [9.17, 15) is 0 Å². The third-order valence-electron chi connectivity index (χ3n) is 2.42. The van der Waals surface area contributed by atoms with E-state index in [0.717, 1.165) is 5.56 Å². The monoisotopic (exact) mass is 218 g/mol. The van der Waals surface area contributed by atoms with Crippen molar-refractivity contribution in [3.8, 4) is 0 Å². The van der Waals surface area contributed by atoms with Crippen molar-refractivity contribution in [2.24, 2.45) is 5.73 Å². The number of anilines is 1. The Hall–Kier alpha value is -2.08. The van der Waals surface area contributed by atoms with Gasteiger partial charge in [0, 0.05) is 12.5 Å². The minimum atomic E-state index is -0.160. The summed E-state index contributed by atoms with van der Waals surface area (Å²) in [7, 11) is 0. The van der Waals surface area contributed by atoms with Crippen LogP contribution in [0.1, 0.15) is 17.4 Å². The Morgan fingerprint density at radius 3 is 2.44 bits per heavy atom. The molecule has 6 heteroatoms. The lowest BCUT2D eigenvalue weighted by atomic mass is 10.0. The summed E-state index contributed by atoms with van der Waals surface area (Å²) in [6, 6.07) is 9.59. The van der Waals surface area contributed by atoms with Crippen LogP contribution in [0.5, 0.6) is 0 Å². The van der Waals surface area contributed by atoms with Crippen LogP contribution in [0, 0.1) is 0 Å². The van der Waals surface area contributed by atoms with Crippen molar-refractivity contribution in [1.29, 1.82) is 0 Å². The standard InChI is InChI=1S/C10H14N6/c11-8(7-4-2-1-3-5-7)6-9-14-15-10(12)16(9)13/h1-5,8H,6,11,13H2,(H2,12,15). The zero-order valence-electron chi connectivity index (χ0n) is 8.74. The lowest BCUT2D eigenvalue weighted by molar-refractivity contribution is 0.669. The highest BCUT2D eigenvalue weighted by Gasteiger charge is 2.12. The molecule has 0 amide bonds. The Morgan fingerprint density at radius 1 is 1.19 bits per heavy atom. The van der Waals surface area contributed by atoms with E-state index in [0.29, 0.717) is 12.2 Å². The Labute approximate surface area is 93.0 Å². The molecule has 6 N–H and O–H groups in total. The van der Waals surface area contributed by atoms with Crippen molar-refractivity contribution in [1.82, 2.24) is 14.9 Å². The molecule has 1 aromatic carbocycles. The zero-order valence-corrected chi connectivity index (χ0v) is 8.74. The third kappa shape index (κ3) is 1.96. The second-order valence-electron chi connectivity index (χ2n) is 3.57. The average Bonchev–Trinajstić information content (AvgIpc) is 2.62. The first-order valence-corrected chi connectivity index (χ1v) is 4.94. The van der Waals surface area contributed by atoms with Crippen LogP contribution >= 0.6 is 0 Å². The minimum Gasteiger partial charge on any atom is -0.366 e. The molecule has 0 aliphatic heterocycles. The number of rotatable bonds is 3. The van der Waals surface area contributed by atoms with Gasteiger partial charge in [0.25, 0.3) is 0 Å². The molecule has 16 heavy (non-hydrogen) atoms. The predicted octanol–water partition coefficient (Wildman–Crippen LogP) is -0.183. The highest BCUT2D eigenvalue weighted by Crippen LogP contribution is 2.14.